The van der Waals surface area contributed by atoms with E-state index in [2.05, 4.69) is 9.88 Å². The molecule has 142 valence electrons. The molecule has 27 heavy (non-hydrogen) atoms. The fourth-order valence-corrected chi connectivity index (χ4v) is 4.42. The van der Waals surface area contributed by atoms with Crippen molar-refractivity contribution in [1.29, 1.82) is 0 Å². The van der Waals surface area contributed by atoms with Crippen LogP contribution in [-0.2, 0) is 27.9 Å². The second-order valence-electron chi connectivity index (χ2n) is 7.34. The highest BCUT2D eigenvalue weighted by molar-refractivity contribution is 5.83. The van der Waals surface area contributed by atoms with Crippen LogP contribution >= 0.6 is 0 Å². The molecule has 0 unspecified atom stereocenters. The quantitative estimate of drug-likeness (QED) is 0.763. The lowest BCUT2D eigenvalue weighted by Crippen LogP contribution is -2.54. The third-order valence-corrected chi connectivity index (χ3v) is 5.66. The molecule has 0 N–H and O–H groups in total. The second kappa shape index (κ2) is 7.15. The number of esters is 1. The van der Waals surface area contributed by atoms with Gasteiger partial charge in [0.2, 0.25) is 5.91 Å². The number of hydrogen-bond donors (Lipinski definition) is 0. The molecule has 0 aliphatic carbocycles. The number of carbonyl (C=O) groups excluding carboxylic acids is 2. The number of ether oxygens (including phenoxy) is 1. The number of amides is 1. The summed E-state index contributed by atoms with van der Waals surface area (Å²) in [5, 5.41) is 0. The maximum Gasteiger partial charge on any atom is 0.311 e. The maximum absolute atomic E-state index is 13.0. The molecule has 2 saturated heterocycles. The third kappa shape index (κ3) is 3.23. The molecule has 3 heterocycles. The van der Waals surface area contributed by atoms with Gasteiger partial charge in [-0.25, -0.2) is 4.98 Å². The number of rotatable bonds is 4. The Hall–Kier alpha value is -2.67. The van der Waals surface area contributed by atoms with Crippen molar-refractivity contribution in [3.63, 3.8) is 0 Å². The van der Waals surface area contributed by atoms with Gasteiger partial charge < -0.3 is 14.2 Å². The summed E-state index contributed by atoms with van der Waals surface area (Å²) in [6.45, 7) is 1.76. The molecule has 0 spiro atoms. The number of methoxy groups -OCH3 is 1. The monoisotopic (exact) mass is 368 g/mol. The average Bonchev–Trinajstić information content (AvgIpc) is 3.26. The Morgan fingerprint density at radius 2 is 2.07 bits per heavy atom. The molecular weight excluding hydrogens is 344 g/mol. The number of fused-ring (bicyclic) bond motifs is 1. The summed E-state index contributed by atoms with van der Waals surface area (Å²) >= 11 is 0. The highest BCUT2D eigenvalue weighted by Gasteiger charge is 2.50. The van der Waals surface area contributed by atoms with Gasteiger partial charge in [-0.15, -0.1) is 0 Å². The summed E-state index contributed by atoms with van der Waals surface area (Å²) in [6.07, 6.45) is 4.22. The average molecular weight is 368 g/mol. The fraction of sp³-hybridized carbons (Fsp3) is 0.450. The van der Waals surface area contributed by atoms with Crippen LogP contribution in [0.25, 0.3) is 0 Å². The number of hydrogen-bond acceptors (Lipinski definition) is 5. The van der Waals surface area contributed by atoms with Gasteiger partial charge in [0, 0.05) is 32.4 Å². The standard InChI is InChI=1S/C20H24N4O3/c1-22-13-21-9-16(22)11-23-10-15-8-17(20(26)27-2)19(24(15)18(25)12-23)14-6-4-3-5-7-14/h3-7,9,13,15,17,19H,8,10-12H2,1-2H3/t15-,17-,19-/m0/s1. The first-order valence-electron chi connectivity index (χ1n) is 9.20. The van der Waals surface area contributed by atoms with Crippen molar-refractivity contribution in [2.45, 2.75) is 25.0 Å². The van der Waals surface area contributed by atoms with Gasteiger partial charge in [-0.1, -0.05) is 30.3 Å². The van der Waals surface area contributed by atoms with Crippen molar-refractivity contribution in [2.24, 2.45) is 13.0 Å². The Bertz CT molecular complexity index is 835. The molecule has 2 aliphatic heterocycles. The van der Waals surface area contributed by atoms with Crippen LogP contribution in [0.3, 0.4) is 0 Å². The first kappa shape index (κ1) is 17.7. The van der Waals surface area contributed by atoms with Crippen LogP contribution in [0.5, 0.6) is 0 Å². The number of carbonyl (C=O) groups is 2. The number of aromatic nitrogens is 2. The Labute approximate surface area is 158 Å². The fourth-order valence-electron chi connectivity index (χ4n) is 4.42. The molecule has 1 aromatic carbocycles. The van der Waals surface area contributed by atoms with Crippen LogP contribution in [0.2, 0.25) is 0 Å². The second-order valence-corrected chi connectivity index (χ2v) is 7.34. The molecule has 7 heteroatoms. The summed E-state index contributed by atoms with van der Waals surface area (Å²) in [7, 11) is 3.37. The van der Waals surface area contributed by atoms with E-state index in [4.69, 9.17) is 4.74 Å². The van der Waals surface area contributed by atoms with E-state index < -0.39 is 0 Å². The molecule has 4 rings (SSSR count). The summed E-state index contributed by atoms with van der Waals surface area (Å²) in [4.78, 5) is 33.7. The molecule has 2 aromatic rings. The molecule has 1 amide bonds. The largest absolute Gasteiger partial charge is 0.469 e. The Morgan fingerprint density at radius 1 is 1.30 bits per heavy atom. The van der Waals surface area contributed by atoms with E-state index in [1.165, 1.54) is 7.11 Å². The van der Waals surface area contributed by atoms with Crippen molar-refractivity contribution in [2.75, 3.05) is 20.2 Å². The highest BCUT2D eigenvalue weighted by atomic mass is 16.5. The zero-order valence-corrected chi connectivity index (χ0v) is 15.6. The Morgan fingerprint density at radius 3 is 2.74 bits per heavy atom. The summed E-state index contributed by atoms with van der Waals surface area (Å²) in [6, 6.07) is 9.55. The topological polar surface area (TPSA) is 67.7 Å². The van der Waals surface area contributed by atoms with E-state index in [1.807, 2.05) is 53.0 Å². The van der Waals surface area contributed by atoms with Crippen LogP contribution < -0.4 is 0 Å². The molecule has 0 radical (unpaired) electrons. The van der Waals surface area contributed by atoms with E-state index in [-0.39, 0.29) is 29.9 Å². The van der Waals surface area contributed by atoms with Crippen molar-refractivity contribution in [3.8, 4) is 0 Å². The zero-order valence-electron chi connectivity index (χ0n) is 15.6. The molecule has 2 fully saturated rings. The molecule has 2 aliphatic rings. The van der Waals surface area contributed by atoms with Crippen LogP contribution in [0.4, 0.5) is 0 Å². The number of benzene rings is 1. The van der Waals surface area contributed by atoms with Crippen LogP contribution in [0.1, 0.15) is 23.7 Å². The lowest BCUT2D eigenvalue weighted by Gasteiger charge is -2.40. The minimum Gasteiger partial charge on any atom is -0.469 e. The SMILES string of the molecule is COC(=O)[C@H]1C[C@H]2CN(Cc3cncn3C)CC(=O)N2[C@H]1c1ccccc1. The Kier molecular flexibility index (Phi) is 4.70. The van der Waals surface area contributed by atoms with Crippen molar-refractivity contribution < 1.29 is 14.3 Å². The number of imidazole rings is 1. The summed E-state index contributed by atoms with van der Waals surface area (Å²) < 4.78 is 7.02. The van der Waals surface area contributed by atoms with E-state index in [1.54, 1.807) is 6.33 Å². The third-order valence-electron chi connectivity index (χ3n) is 5.66. The van der Waals surface area contributed by atoms with Crippen molar-refractivity contribution in [1.82, 2.24) is 19.4 Å². The molecular formula is C20H24N4O3. The predicted octanol–water partition coefficient (Wildman–Crippen LogP) is 1.37. The first-order chi connectivity index (χ1) is 13.1. The summed E-state index contributed by atoms with van der Waals surface area (Å²) in [5.74, 6) is -0.513. The van der Waals surface area contributed by atoms with Crippen molar-refractivity contribution >= 4 is 11.9 Å². The number of aryl methyl sites for hydroxylation is 1. The lowest BCUT2D eigenvalue weighted by molar-refractivity contribution is -0.147. The molecule has 1 aromatic heterocycles. The minimum absolute atomic E-state index is 0.00813. The number of nitrogens with zero attached hydrogens (tertiary/aromatic N) is 4. The van der Waals surface area contributed by atoms with E-state index >= 15 is 0 Å². The molecule has 7 nitrogen and oxygen atoms in total. The van der Waals surface area contributed by atoms with Gasteiger partial charge in [-0.2, -0.15) is 0 Å². The highest BCUT2D eigenvalue weighted by Crippen LogP contribution is 2.43. The van der Waals surface area contributed by atoms with Gasteiger partial charge in [0.25, 0.3) is 0 Å². The molecule has 0 saturated carbocycles. The molecule has 0 bridgehead atoms. The van der Waals surface area contributed by atoms with Crippen molar-refractivity contribution in [3.05, 3.63) is 54.1 Å². The zero-order chi connectivity index (χ0) is 19.0. The van der Waals surface area contributed by atoms with E-state index in [0.29, 0.717) is 19.5 Å². The van der Waals surface area contributed by atoms with Gasteiger partial charge >= 0.3 is 5.97 Å². The van der Waals surface area contributed by atoms with Gasteiger partial charge in [-0.3, -0.25) is 14.5 Å². The van der Waals surface area contributed by atoms with Crippen LogP contribution in [0.15, 0.2) is 42.9 Å². The van der Waals surface area contributed by atoms with Gasteiger partial charge in [0.1, 0.15) is 0 Å². The first-order valence-corrected chi connectivity index (χ1v) is 9.20. The van der Waals surface area contributed by atoms with Gasteiger partial charge in [0.15, 0.2) is 0 Å². The van der Waals surface area contributed by atoms with Gasteiger partial charge in [0.05, 0.1) is 37.6 Å². The smallest absolute Gasteiger partial charge is 0.311 e. The molecule has 3 atom stereocenters. The number of piperazine rings is 1. The maximum atomic E-state index is 13.0. The predicted molar refractivity (Wildman–Crippen MR) is 98.4 cm³/mol. The van der Waals surface area contributed by atoms with Crippen LogP contribution in [-0.4, -0.2) is 57.5 Å². The van der Waals surface area contributed by atoms with E-state index in [0.717, 1.165) is 17.8 Å². The van der Waals surface area contributed by atoms with E-state index in [9.17, 15) is 9.59 Å². The lowest BCUT2D eigenvalue weighted by atomic mass is 9.93. The normalized spacial score (nSPS) is 25.5. The summed E-state index contributed by atoms with van der Waals surface area (Å²) in [5.41, 5.74) is 2.06. The minimum atomic E-state index is -0.331. The Balaban J connectivity index is 1.59. The van der Waals surface area contributed by atoms with Crippen LogP contribution in [0, 0.1) is 5.92 Å². The van der Waals surface area contributed by atoms with Gasteiger partial charge in [-0.05, 0) is 12.0 Å².